The Morgan fingerprint density at radius 1 is 1.21 bits per heavy atom. The second kappa shape index (κ2) is 4.86. The zero-order valence-corrected chi connectivity index (χ0v) is 9.20. The lowest BCUT2D eigenvalue weighted by atomic mass is 10.1. The summed E-state index contributed by atoms with van der Waals surface area (Å²) in [6.45, 7) is 2.14. The first-order valence-corrected chi connectivity index (χ1v) is 4.74. The van der Waals surface area contributed by atoms with E-state index in [1.807, 2.05) is 25.2 Å². The van der Waals surface area contributed by atoms with Crippen LogP contribution < -0.4 is 14.8 Å². The molecule has 1 unspecified atom stereocenters. The summed E-state index contributed by atoms with van der Waals surface area (Å²) in [7, 11) is 5.41. The molecule has 0 spiro atoms. The Morgan fingerprint density at radius 2 is 1.93 bits per heavy atom. The molecule has 0 aromatic heterocycles. The van der Waals surface area contributed by atoms with Gasteiger partial charge in [0.25, 0.3) is 0 Å². The van der Waals surface area contributed by atoms with Crippen LogP contribution in [0.15, 0.2) is 18.2 Å². The summed E-state index contributed by atoms with van der Waals surface area (Å²) in [5.41, 5.74) is 1.16. The van der Waals surface area contributed by atoms with E-state index in [9.17, 15) is 0 Å². The van der Waals surface area contributed by atoms with Crippen LogP contribution in [0.1, 0.15) is 18.5 Å². The van der Waals surface area contributed by atoms with Crippen molar-refractivity contribution in [3.8, 4) is 11.5 Å². The van der Waals surface area contributed by atoms with Crippen molar-refractivity contribution in [2.24, 2.45) is 0 Å². The molecule has 0 aliphatic rings. The number of ether oxygens (including phenoxy) is 2. The van der Waals surface area contributed by atoms with Gasteiger partial charge in [-0.3, -0.25) is 0 Å². The smallest absolute Gasteiger partial charge is 0.128 e. The van der Waals surface area contributed by atoms with Crippen molar-refractivity contribution in [3.63, 3.8) is 0 Å². The summed E-state index contributed by atoms with van der Waals surface area (Å²) in [6.07, 6.45) is 0. The molecule has 0 fully saturated rings. The molecule has 0 aliphatic heterocycles. The monoisotopic (exact) mass is 196 g/mol. The number of quaternary nitrogens is 1. The van der Waals surface area contributed by atoms with Gasteiger partial charge >= 0.3 is 0 Å². The molecule has 3 nitrogen and oxygen atoms in total. The largest absolute Gasteiger partial charge is 0.497 e. The minimum absolute atomic E-state index is 0.375. The highest BCUT2D eigenvalue weighted by atomic mass is 16.5. The number of benzene rings is 1. The molecular weight excluding hydrogens is 178 g/mol. The van der Waals surface area contributed by atoms with Crippen molar-refractivity contribution in [1.82, 2.24) is 0 Å². The minimum Gasteiger partial charge on any atom is -0.497 e. The minimum atomic E-state index is 0.375. The molecule has 78 valence electrons. The average Bonchev–Trinajstić information content (AvgIpc) is 2.27. The Bertz CT molecular complexity index is 299. The molecule has 0 bridgehead atoms. The molecule has 1 atom stereocenters. The number of rotatable bonds is 4. The van der Waals surface area contributed by atoms with Crippen LogP contribution in [0.4, 0.5) is 0 Å². The SMILES string of the molecule is C[NH2+]C(C)c1cc(OC)ccc1OC. The second-order valence-electron chi connectivity index (χ2n) is 3.23. The molecule has 0 saturated carbocycles. The summed E-state index contributed by atoms with van der Waals surface area (Å²) in [6, 6.07) is 6.24. The van der Waals surface area contributed by atoms with Gasteiger partial charge in [0, 0.05) is 0 Å². The van der Waals surface area contributed by atoms with Crippen LogP contribution in [0.3, 0.4) is 0 Å². The Balaban J connectivity index is 3.08. The molecule has 2 N–H and O–H groups in total. The standard InChI is InChI=1S/C11H17NO2/c1-8(12-2)10-7-9(13-3)5-6-11(10)14-4/h5-8,12H,1-4H3/p+1. The molecule has 1 aromatic rings. The van der Waals surface area contributed by atoms with E-state index in [-0.39, 0.29) is 0 Å². The highest BCUT2D eigenvalue weighted by Crippen LogP contribution is 2.27. The number of hydrogen-bond acceptors (Lipinski definition) is 2. The van der Waals surface area contributed by atoms with E-state index < -0.39 is 0 Å². The Hall–Kier alpha value is -1.22. The molecule has 0 heterocycles. The topological polar surface area (TPSA) is 35.1 Å². The van der Waals surface area contributed by atoms with E-state index in [4.69, 9.17) is 9.47 Å². The maximum Gasteiger partial charge on any atom is 0.128 e. The van der Waals surface area contributed by atoms with Crippen LogP contribution in [0.5, 0.6) is 11.5 Å². The number of nitrogens with two attached hydrogens (primary N) is 1. The van der Waals surface area contributed by atoms with Crippen LogP contribution >= 0.6 is 0 Å². The summed E-state index contributed by atoms with van der Waals surface area (Å²) in [5, 5.41) is 2.14. The zero-order chi connectivity index (χ0) is 10.6. The molecule has 14 heavy (non-hydrogen) atoms. The summed E-state index contributed by atoms with van der Waals surface area (Å²) >= 11 is 0. The summed E-state index contributed by atoms with van der Waals surface area (Å²) in [5.74, 6) is 1.78. The molecule has 1 rings (SSSR count). The van der Waals surface area contributed by atoms with Crippen molar-refractivity contribution in [1.29, 1.82) is 0 Å². The van der Waals surface area contributed by atoms with E-state index >= 15 is 0 Å². The lowest BCUT2D eigenvalue weighted by Crippen LogP contribution is -2.80. The van der Waals surface area contributed by atoms with E-state index in [2.05, 4.69) is 12.2 Å². The van der Waals surface area contributed by atoms with Crippen LogP contribution in [0, 0.1) is 0 Å². The Kier molecular flexibility index (Phi) is 3.77. The van der Waals surface area contributed by atoms with Gasteiger partial charge in [-0.15, -0.1) is 0 Å². The van der Waals surface area contributed by atoms with Crippen molar-refractivity contribution < 1.29 is 14.8 Å². The lowest BCUT2D eigenvalue weighted by molar-refractivity contribution is -0.666. The maximum atomic E-state index is 5.29. The van der Waals surface area contributed by atoms with Gasteiger partial charge in [-0.2, -0.15) is 0 Å². The van der Waals surface area contributed by atoms with E-state index in [0.717, 1.165) is 17.1 Å². The average molecular weight is 196 g/mol. The van der Waals surface area contributed by atoms with Crippen LogP contribution in [0.2, 0.25) is 0 Å². The fourth-order valence-corrected chi connectivity index (χ4v) is 1.37. The van der Waals surface area contributed by atoms with Gasteiger partial charge in [0.2, 0.25) is 0 Å². The normalized spacial score (nSPS) is 12.3. The third-order valence-electron chi connectivity index (χ3n) is 2.43. The predicted octanol–water partition coefficient (Wildman–Crippen LogP) is 0.958. The van der Waals surface area contributed by atoms with Gasteiger partial charge in [0.15, 0.2) is 0 Å². The van der Waals surface area contributed by atoms with Gasteiger partial charge in [-0.05, 0) is 25.1 Å². The molecular formula is C11H18NO2+. The van der Waals surface area contributed by atoms with Crippen molar-refractivity contribution >= 4 is 0 Å². The fourth-order valence-electron chi connectivity index (χ4n) is 1.37. The molecule has 3 heteroatoms. The summed E-state index contributed by atoms with van der Waals surface area (Å²) < 4.78 is 10.5. The van der Waals surface area contributed by atoms with Gasteiger partial charge in [0.1, 0.15) is 17.5 Å². The number of hydrogen-bond donors (Lipinski definition) is 1. The first-order chi connectivity index (χ1) is 6.72. The first-order valence-electron chi connectivity index (χ1n) is 4.74. The van der Waals surface area contributed by atoms with E-state index in [0.29, 0.717) is 6.04 Å². The van der Waals surface area contributed by atoms with Crippen molar-refractivity contribution in [2.75, 3.05) is 21.3 Å². The zero-order valence-electron chi connectivity index (χ0n) is 9.20. The van der Waals surface area contributed by atoms with E-state index in [1.165, 1.54) is 0 Å². The highest BCUT2D eigenvalue weighted by molar-refractivity contribution is 5.41. The summed E-state index contributed by atoms with van der Waals surface area (Å²) in [4.78, 5) is 0. The van der Waals surface area contributed by atoms with Crippen molar-refractivity contribution in [2.45, 2.75) is 13.0 Å². The van der Waals surface area contributed by atoms with Gasteiger partial charge in [-0.25, -0.2) is 0 Å². The molecule has 0 radical (unpaired) electrons. The van der Waals surface area contributed by atoms with Crippen LogP contribution in [-0.4, -0.2) is 21.3 Å². The predicted molar refractivity (Wildman–Crippen MR) is 55.8 cm³/mol. The van der Waals surface area contributed by atoms with Gasteiger partial charge in [-0.1, -0.05) is 0 Å². The maximum absolute atomic E-state index is 5.29. The lowest BCUT2D eigenvalue weighted by Gasteiger charge is -2.13. The second-order valence-corrected chi connectivity index (χ2v) is 3.23. The van der Waals surface area contributed by atoms with Crippen LogP contribution in [0.25, 0.3) is 0 Å². The number of methoxy groups -OCH3 is 2. The Labute approximate surface area is 85.0 Å². The van der Waals surface area contributed by atoms with Gasteiger partial charge < -0.3 is 14.8 Å². The quantitative estimate of drug-likeness (QED) is 0.778. The van der Waals surface area contributed by atoms with Crippen LogP contribution in [-0.2, 0) is 0 Å². The third-order valence-corrected chi connectivity index (χ3v) is 2.43. The third kappa shape index (κ3) is 2.17. The van der Waals surface area contributed by atoms with Crippen molar-refractivity contribution in [3.05, 3.63) is 23.8 Å². The van der Waals surface area contributed by atoms with E-state index in [1.54, 1.807) is 14.2 Å². The Morgan fingerprint density at radius 3 is 2.43 bits per heavy atom. The molecule has 0 saturated heterocycles. The molecule has 1 aromatic carbocycles. The first kappa shape index (κ1) is 10.9. The van der Waals surface area contributed by atoms with Gasteiger partial charge in [0.05, 0.1) is 26.8 Å². The molecule has 0 aliphatic carbocycles. The fraction of sp³-hybridized carbons (Fsp3) is 0.455. The molecule has 0 amide bonds. The highest BCUT2D eigenvalue weighted by Gasteiger charge is 2.13.